The van der Waals surface area contributed by atoms with Gasteiger partial charge in [0.2, 0.25) is 0 Å². The quantitative estimate of drug-likeness (QED) is 0.0195. The summed E-state index contributed by atoms with van der Waals surface area (Å²) in [7, 11) is 1.16. The Hall–Kier alpha value is -3.33. The molecule has 0 aromatic carbocycles. The van der Waals surface area contributed by atoms with E-state index in [1.807, 2.05) is 21.1 Å². The molecule has 88 heavy (non-hydrogen) atoms. The van der Waals surface area contributed by atoms with Crippen molar-refractivity contribution >= 4 is 19.8 Å². The molecule has 0 N–H and O–H groups in total. The minimum Gasteiger partial charge on any atom is -0.756 e. The summed E-state index contributed by atoms with van der Waals surface area (Å²) in [4.78, 5) is 38.1. The lowest BCUT2D eigenvalue weighted by Crippen LogP contribution is -2.37. The minimum atomic E-state index is -4.65. The molecule has 0 fully saturated rings. The lowest BCUT2D eigenvalue weighted by atomic mass is 10.0. The highest BCUT2D eigenvalue weighted by atomic mass is 31.2. The number of unbranched alkanes of at least 4 members (excludes halogenated alkanes) is 35. The third-order valence-corrected chi connectivity index (χ3v) is 16.7. The summed E-state index contributed by atoms with van der Waals surface area (Å²) in [6.45, 7) is 4.13. The second-order valence-corrected chi connectivity index (χ2v) is 27.0. The van der Waals surface area contributed by atoms with E-state index in [1.54, 1.807) is 0 Å². The molecule has 0 aromatic rings. The summed E-state index contributed by atoms with van der Waals surface area (Å²) in [5, 5.41) is 0. The Morgan fingerprint density at radius 2 is 0.648 bits per heavy atom. The zero-order chi connectivity index (χ0) is 64.1. The zero-order valence-electron chi connectivity index (χ0n) is 57.9. The number of esters is 2. The van der Waals surface area contributed by atoms with Crippen LogP contribution in [0.2, 0.25) is 0 Å². The molecule has 0 bridgehead atoms. The number of likely N-dealkylation sites (N-methyl/N-ethyl adjacent to an activating group) is 1. The average Bonchev–Trinajstić information content (AvgIpc) is 3.60. The van der Waals surface area contributed by atoms with Crippen LogP contribution >= 0.6 is 7.82 Å². The number of quaternary nitrogens is 1. The summed E-state index contributed by atoms with van der Waals surface area (Å²) in [5.74, 6) is -0.836. The van der Waals surface area contributed by atoms with Crippen molar-refractivity contribution in [2.75, 3.05) is 47.5 Å². The summed E-state index contributed by atoms with van der Waals surface area (Å²) in [6.07, 6.45) is 96.1. The van der Waals surface area contributed by atoms with E-state index < -0.39 is 26.5 Å². The Morgan fingerprint density at radius 3 is 0.966 bits per heavy atom. The van der Waals surface area contributed by atoms with Crippen LogP contribution in [0.15, 0.2) is 109 Å². The molecule has 2 unspecified atom stereocenters. The number of ether oxygens (including phenoxy) is 2. The molecule has 0 saturated heterocycles. The lowest BCUT2D eigenvalue weighted by Gasteiger charge is -2.28. The number of phosphoric acid groups is 1. The molecule has 9 nitrogen and oxygen atoms in total. The average molecular weight is 1250 g/mol. The van der Waals surface area contributed by atoms with Gasteiger partial charge < -0.3 is 27.9 Å². The van der Waals surface area contributed by atoms with E-state index in [1.165, 1.54) is 193 Å². The highest BCUT2D eigenvalue weighted by Crippen LogP contribution is 2.38. The van der Waals surface area contributed by atoms with Crippen LogP contribution in [0.3, 0.4) is 0 Å². The van der Waals surface area contributed by atoms with Gasteiger partial charge >= 0.3 is 11.9 Å². The van der Waals surface area contributed by atoms with Gasteiger partial charge in [0.05, 0.1) is 27.7 Å². The van der Waals surface area contributed by atoms with Gasteiger partial charge in [-0.15, -0.1) is 0 Å². The van der Waals surface area contributed by atoms with Gasteiger partial charge in [-0.25, -0.2) is 0 Å². The number of carbonyl (C=O) groups is 2. The summed E-state index contributed by atoms with van der Waals surface area (Å²) < 4.78 is 34.3. The van der Waals surface area contributed by atoms with Crippen LogP contribution in [0.5, 0.6) is 0 Å². The zero-order valence-corrected chi connectivity index (χ0v) is 58.8. The van der Waals surface area contributed by atoms with Crippen molar-refractivity contribution in [3.8, 4) is 0 Å². The largest absolute Gasteiger partial charge is 0.756 e. The van der Waals surface area contributed by atoms with Crippen LogP contribution in [0, 0.1) is 0 Å². The normalized spacial score (nSPS) is 13.8. The SMILES string of the molecule is CC/C=C\C/C=C\C/C=C\C/C=C\C/C=C\C/C=C\CCCCCCCCCCC(=O)OC(COC(=O)CCCCCCCCCCCCCCCCCCCCCCCC/C=C\C/C=C\C/C=C\CCCCCCC)COP(=O)([O-])OCC[N+](C)(C)C. The highest BCUT2D eigenvalue weighted by molar-refractivity contribution is 7.45. The maximum Gasteiger partial charge on any atom is 0.306 e. The Kier molecular flexibility index (Phi) is 65.5. The fourth-order valence-electron chi connectivity index (χ4n) is 10.2. The molecule has 0 aromatic heterocycles. The van der Waals surface area contributed by atoms with Gasteiger partial charge in [0.1, 0.15) is 19.8 Å². The molecule has 0 spiro atoms. The Labute approximate surface area is 544 Å². The molecule has 0 rings (SSSR count). The van der Waals surface area contributed by atoms with Crippen molar-refractivity contribution in [3.05, 3.63) is 109 Å². The maximum absolute atomic E-state index is 12.9. The van der Waals surface area contributed by atoms with E-state index in [4.69, 9.17) is 18.5 Å². The third-order valence-electron chi connectivity index (χ3n) is 15.8. The first-order chi connectivity index (χ1) is 43.0. The first kappa shape index (κ1) is 84.7. The standard InChI is InChI=1S/C78H138NO8P/c1-6-8-10-12-14-16-18-20-22-24-26-28-30-32-34-35-36-37-38-39-40-41-42-43-45-46-48-50-52-54-56-58-60-62-64-66-68-70-77(80)84-74-76(75-86-88(82,83)85-73-72-79(3,4)5)87-78(81)71-69-67-65-63-61-59-57-55-53-51-49-47-44-33-31-29-27-25-23-21-19-17-15-13-11-9-7-2/h9,11,15,17-18,20-21,23-24,26-27,29-30,32-33,44,49,51,76H,6-8,10,12-14,16,19,22,25,28,31,34-43,45-48,50,52-75H2,1-5H3/b11-9-,17-15-,20-18-,23-21-,26-24-,29-27-,32-30-,44-33-,51-49-. The smallest absolute Gasteiger partial charge is 0.306 e. The number of carbonyl (C=O) groups excluding carboxylic acids is 2. The summed E-state index contributed by atoms with van der Waals surface area (Å²) in [6, 6.07) is 0. The third kappa shape index (κ3) is 71.7. The van der Waals surface area contributed by atoms with Crippen molar-refractivity contribution in [3.63, 3.8) is 0 Å². The molecule has 0 aliphatic rings. The first-order valence-corrected chi connectivity index (χ1v) is 38.1. The predicted octanol–water partition coefficient (Wildman–Crippen LogP) is 23.4. The van der Waals surface area contributed by atoms with E-state index in [0.29, 0.717) is 17.4 Å². The molecular formula is C78H138NO8P. The predicted molar refractivity (Wildman–Crippen MR) is 378 cm³/mol. The number of hydrogen-bond acceptors (Lipinski definition) is 8. The van der Waals surface area contributed by atoms with Crippen molar-refractivity contribution in [2.24, 2.45) is 0 Å². The molecule has 0 heterocycles. The maximum atomic E-state index is 12.9. The monoisotopic (exact) mass is 1250 g/mol. The molecule has 508 valence electrons. The Balaban J connectivity index is 4.01. The molecule has 0 saturated carbocycles. The van der Waals surface area contributed by atoms with Gasteiger partial charge in [0.25, 0.3) is 7.82 Å². The topological polar surface area (TPSA) is 111 Å². The van der Waals surface area contributed by atoms with Gasteiger partial charge in [-0.1, -0.05) is 316 Å². The number of hydrogen-bond donors (Lipinski definition) is 0. The van der Waals surface area contributed by atoms with Gasteiger partial charge in [0, 0.05) is 12.8 Å². The van der Waals surface area contributed by atoms with Crippen LogP contribution < -0.4 is 4.89 Å². The molecule has 0 radical (unpaired) electrons. The molecule has 10 heteroatoms. The fraction of sp³-hybridized carbons (Fsp3) is 0.744. The molecule has 0 amide bonds. The Bertz CT molecular complexity index is 1850. The van der Waals surface area contributed by atoms with Gasteiger partial charge in [-0.05, 0) is 103 Å². The first-order valence-electron chi connectivity index (χ1n) is 36.6. The van der Waals surface area contributed by atoms with E-state index in [9.17, 15) is 19.0 Å². The van der Waals surface area contributed by atoms with Crippen molar-refractivity contribution in [1.82, 2.24) is 0 Å². The van der Waals surface area contributed by atoms with Crippen LogP contribution in [0.25, 0.3) is 0 Å². The van der Waals surface area contributed by atoms with Crippen LogP contribution in [-0.2, 0) is 32.7 Å². The van der Waals surface area contributed by atoms with E-state index in [2.05, 4.69) is 123 Å². The number of allylic oxidation sites excluding steroid dienone is 18. The molecule has 0 aliphatic heterocycles. The van der Waals surface area contributed by atoms with Crippen molar-refractivity contribution < 1.29 is 42.1 Å². The second kappa shape index (κ2) is 68.0. The van der Waals surface area contributed by atoms with Crippen LogP contribution in [-0.4, -0.2) is 70.0 Å². The Morgan fingerprint density at radius 1 is 0.364 bits per heavy atom. The van der Waals surface area contributed by atoms with Crippen molar-refractivity contribution in [2.45, 2.75) is 328 Å². The van der Waals surface area contributed by atoms with E-state index >= 15 is 0 Å². The van der Waals surface area contributed by atoms with Gasteiger partial charge in [0.15, 0.2) is 6.10 Å². The highest BCUT2D eigenvalue weighted by Gasteiger charge is 2.22. The molecular weight excluding hydrogens is 1110 g/mol. The van der Waals surface area contributed by atoms with Crippen molar-refractivity contribution in [1.29, 1.82) is 0 Å². The van der Waals surface area contributed by atoms with Gasteiger partial charge in [-0.2, -0.15) is 0 Å². The van der Waals surface area contributed by atoms with E-state index in [-0.39, 0.29) is 32.0 Å². The fourth-order valence-corrected chi connectivity index (χ4v) is 10.9. The number of rotatable bonds is 67. The second-order valence-electron chi connectivity index (χ2n) is 25.6. The summed E-state index contributed by atoms with van der Waals surface area (Å²) in [5.41, 5.74) is 0. The lowest BCUT2D eigenvalue weighted by molar-refractivity contribution is -0.870. The van der Waals surface area contributed by atoms with E-state index in [0.717, 1.165) is 96.3 Å². The molecule has 0 aliphatic carbocycles. The van der Waals surface area contributed by atoms with Gasteiger partial charge in [-0.3, -0.25) is 14.2 Å². The number of nitrogens with zero attached hydrogens (tertiary/aromatic N) is 1. The minimum absolute atomic E-state index is 0.0361. The molecule has 2 atom stereocenters. The summed E-state index contributed by atoms with van der Waals surface area (Å²) >= 11 is 0. The van der Waals surface area contributed by atoms with Crippen LogP contribution in [0.1, 0.15) is 322 Å². The number of phosphoric ester groups is 1. The van der Waals surface area contributed by atoms with Crippen LogP contribution in [0.4, 0.5) is 0 Å².